The molecular formula is C19H16F2N2OS. The van der Waals surface area contributed by atoms with Gasteiger partial charge in [0.05, 0.1) is 0 Å². The first-order valence-electron chi connectivity index (χ1n) is 7.66. The summed E-state index contributed by atoms with van der Waals surface area (Å²) in [6, 6.07) is 13.3. The minimum Gasteiger partial charge on any atom is -0.439 e. The highest BCUT2D eigenvalue weighted by atomic mass is 32.2. The first-order chi connectivity index (χ1) is 12.0. The largest absolute Gasteiger partial charge is 0.439 e. The summed E-state index contributed by atoms with van der Waals surface area (Å²) in [6.45, 7) is 3.86. The molecule has 0 saturated heterocycles. The molecule has 3 rings (SSSR count). The van der Waals surface area contributed by atoms with Crippen LogP contribution in [0.1, 0.15) is 16.8 Å². The van der Waals surface area contributed by atoms with Crippen LogP contribution in [0.25, 0.3) is 0 Å². The molecule has 1 heterocycles. The standard InChI is InChI=1S/C19H16F2N2OS/c1-12-3-6-15(7-4-12)24-18-9-13(2)22-19(23-18)25-11-14-5-8-16(20)17(21)10-14/h3-10H,11H2,1-2H3. The molecule has 3 nitrogen and oxygen atoms in total. The van der Waals surface area contributed by atoms with Gasteiger partial charge in [-0.25, -0.2) is 13.8 Å². The highest BCUT2D eigenvalue weighted by Gasteiger charge is 2.08. The van der Waals surface area contributed by atoms with Crippen molar-refractivity contribution in [2.75, 3.05) is 0 Å². The van der Waals surface area contributed by atoms with E-state index in [1.54, 1.807) is 12.1 Å². The van der Waals surface area contributed by atoms with Crippen LogP contribution in [0.3, 0.4) is 0 Å². The van der Waals surface area contributed by atoms with Crippen LogP contribution in [0.4, 0.5) is 8.78 Å². The molecule has 0 saturated carbocycles. The molecule has 6 heteroatoms. The number of ether oxygens (including phenoxy) is 1. The average molecular weight is 358 g/mol. The van der Waals surface area contributed by atoms with Crippen molar-refractivity contribution in [3.8, 4) is 11.6 Å². The van der Waals surface area contributed by atoms with Crippen molar-refractivity contribution in [1.29, 1.82) is 0 Å². The van der Waals surface area contributed by atoms with Crippen LogP contribution in [0.2, 0.25) is 0 Å². The van der Waals surface area contributed by atoms with Gasteiger partial charge < -0.3 is 4.74 Å². The Morgan fingerprint density at radius 1 is 0.920 bits per heavy atom. The molecule has 3 aromatic rings. The summed E-state index contributed by atoms with van der Waals surface area (Å²) in [4.78, 5) is 8.72. The highest BCUT2D eigenvalue weighted by Crippen LogP contribution is 2.25. The molecule has 0 unspecified atom stereocenters. The van der Waals surface area contributed by atoms with E-state index in [1.807, 2.05) is 38.1 Å². The first-order valence-corrected chi connectivity index (χ1v) is 8.65. The van der Waals surface area contributed by atoms with Crippen LogP contribution >= 0.6 is 11.8 Å². The van der Waals surface area contributed by atoms with Gasteiger partial charge in [0.15, 0.2) is 16.8 Å². The Bertz CT molecular complexity index is 885. The summed E-state index contributed by atoms with van der Waals surface area (Å²) in [5.41, 5.74) is 2.58. The van der Waals surface area contributed by atoms with Crippen LogP contribution < -0.4 is 4.74 Å². The lowest BCUT2D eigenvalue weighted by atomic mass is 10.2. The number of thioether (sulfide) groups is 1. The van der Waals surface area contributed by atoms with Crippen LogP contribution in [-0.2, 0) is 5.75 Å². The maximum absolute atomic E-state index is 13.3. The number of aryl methyl sites for hydroxylation is 2. The number of aromatic nitrogens is 2. The van der Waals surface area contributed by atoms with Crippen molar-refractivity contribution in [3.05, 3.63) is 77.0 Å². The second kappa shape index (κ2) is 7.61. The fraction of sp³-hybridized carbons (Fsp3) is 0.158. The van der Waals surface area contributed by atoms with Crippen LogP contribution in [0, 0.1) is 25.5 Å². The Labute approximate surface area is 149 Å². The smallest absolute Gasteiger partial charge is 0.223 e. The van der Waals surface area contributed by atoms with E-state index < -0.39 is 11.6 Å². The lowest BCUT2D eigenvalue weighted by molar-refractivity contribution is 0.454. The lowest BCUT2D eigenvalue weighted by Crippen LogP contribution is -1.95. The summed E-state index contributed by atoms with van der Waals surface area (Å²) >= 11 is 1.34. The average Bonchev–Trinajstić information content (AvgIpc) is 2.58. The summed E-state index contributed by atoms with van der Waals surface area (Å²) in [5, 5.41) is 0.520. The third kappa shape index (κ3) is 4.76. The summed E-state index contributed by atoms with van der Waals surface area (Å²) in [7, 11) is 0. The Balaban J connectivity index is 1.72. The van der Waals surface area contributed by atoms with Crippen molar-refractivity contribution in [2.24, 2.45) is 0 Å². The number of rotatable bonds is 5. The Hall–Kier alpha value is -2.47. The van der Waals surface area contributed by atoms with Crippen molar-refractivity contribution >= 4 is 11.8 Å². The second-order valence-electron chi connectivity index (χ2n) is 5.58. The Morgan fingerprint density at radius 2 is 1.68 bits per heavy atom. The number of nitrogens with zero attached hydrogens (tertiary/aromatic N) is 2. The van der Waals surface area contributed by atoms with E-state index in [2.05, 4.69) is 9.97 Å². The Kier molecular flexibility index (Phi) is 5.28. The maximum Gasteiger partial charge on any atom is 0.223 e. The van der Waals surface area contributed by atoms with Crippen molar-refractivity contribution < 1.29 is 13.5 Å². The quantitative estimate of drug-likeness (QED) is 0.448. The third-order valence-corrected chi connectivity index (χ3v) is 4.32. The normalized spacial score (nSPS) is 10.7. The van der Waals surface area contributed by atoms with E-state index in [1.165, 1.54) is 17.8 Å². The van der Waals surface area contributed by atoms with Gasteiger partial charge in [-0.15, -0.1) is 0 Å². The predicted molar refractivity (Wildman–Crippen MR) is 93.9 cm³/mol. The summed E-state index contributed by atoms with van der Waals surface area (Å²) < 4.78 is 32.0. The molecule has 0 aliphatic rings. The first kappa shape index (κ1) is 17.4. The monoisotopic (exact) mass is 358 g/mol. The summed E-state index contributed by atoms with van der Waals surface area (Å²) in [5.74, 6) is -0.129. The molecule has 0 fully saturated rings. The molecule has 0 bridgehead atoms. The van der Waals surface area contributed by atoms with Gasteiger partial charge in [-0.3, -0.25) is 0 Å². The fourth-order valence-electron chi connectivity index (χ4n) is 2.13. The van der Waals surface area contributed by atoms with Gasteiger partial charge in [0.25, 0.3) is 0 Å². The third-order valence-electron chi connectivity index (χ3n) is 3.41. The fourth-order valence-corrected chi connectivity index (χ4v) is 2.97. The molecule has 0 atom stereocenters. The van der Waals surface area contributed by atoms with Crippen LogP contribution in [0.5, 0.6) is 11.6 Å². The SMILES string of the molecule is Cc1ccc(Oc2cc(C)nc(SCc3ccc(F)c(F)c3)n2)cc1. The number of hydrogen-bond acceptors (Lipinski definition) is 4. The molecule has 1 aromatic heterocycles. The van der Waals surface area contributed by atoms with E-state index in [-0.39, 0.29) is 0 Å². The summed E-state index contributed by atoms with van der Waals surface area (Å²) in [6.07, 6.45) is 0. The molecule has 128 valence electrons. The number of benzene rings is 2. The van der Waals surface area contributed by atoms with E-state index in [4.69, 9.17) is 4.74 Å². The van der Waals surface area contributed by atoms with Gasteiger partial charge in [0.2, 0.25) is 5.88 Å². The zero-order chi connectivity index (χ0) is 17.8. The van der Waals surface area contributed by atoms with Gasteiger partial charge in [0.1, 0.15) is 5.75 Å². The topological polar surface area (TPSA) is 35.0 Å². The van der Waals surface area contributed by atoms with Crippen LogP contribution in [-0.4, -0.2) is 9.97 Å². The maximum atomic E-state index is 13.3. The second-order valence-corrected chi connectivity index (χ2v) is 6.52. The van der Waals surface area contributed by atoms with E-state index in [0.717, 1.165) is 17.3 Å². The molecule has 2 aromatic carbocycles. The minimum absolute atomic E-state index is 0.435. The van der Waals surface area contributed by atoms with Gasteiger partial charge in [-0.05, 0) is 43.7 Å². The van der Waals surface area contributed by atoms with Crippen LogP contribution in [0.15, 0.2) is 53.7 Å². The molecule has 0 N–H and O–H groups in total. The van der Waals surface area contributed by atoms with E-state index >= 15 is 0 Å². The van der Waals surface area contributed by atoms with Crippen molar-refractivity contribution in [3.63, 3.8) is 0 Å². The number of halogens is 2. The van der Waals surface area contributed by atoms with Crippen molar-refractivity contribution in [2.45, 2.75) is 24.8 Å². The van der Waals surface area contributed by atoms with E-state index in [9.17, 15) is 8.78 Å². The zero-order valence-electron chi connectivity index (χ0n) is 13.8. The molecule has 0 aliphatic heterocycles. The molecule has 0 aliphatic carbocycles. The van der Waals surface area contributed by atoms with E-state index in [0.29, 0.717) is 28.1 Å². The molecule has 0 spiro atoms. The molecule has 0 radical (unpaired) electrons. The molecule has 0 amide bonds. The van der Waals surface area contributed by atoms with Gasteiger partial charge >= 0.3 is 0 Å². The minimum atomic E-state index is -0.855. The van der Waals surface area contributed by atoms with Gasteiger partial charge in [-0.2, -0.15) is 4.98 Å². The van der Waals surface area contributed by atoms with Gasteiger partial charge in [-0.1, -0.05) is 35.5 Å². The van der Waals surface area contributed by atoms with Crippen molar-refractivity contribution in [1.82, 2.24) is 9.97 Å². The Morgan fingerprint density at radius 3 is 2.40 bits per heavy atom. The van der Waals surface area contributed by atoms with Gasteiger partial charge in [0, 0.05) is 17.5 Å². The molecule has 25 heavy (non-hydrogen) atoms. The predicted octanol–water partition coefficient (Wildman–Crippen LogP) is 5.46. The number of hydrogen-bond donors (Lipinski definition) is 0. The highest BCUT2D eigenvalue weighted by molar-refractivity contribution is 7.98. The lowest BCUT2D eigenvalue weighted by Gasteiger charge is -2.08. The molecular weight excluding hydrogens is 342 g/mol. The zero-order valence-corrected chi connectivity index (χ0v) is 14.6.